The van der Waals surface area contributed by atoms with E-state index in [1.165, 1.54) is 27.6 Å². The van der Waals surface area contributed by atoms with E-state index in [0.29, 0.717) is 12.4 Å². The number of benzene rings is 7. The fourth-order valence-corrected chi connectivity index (χ4v) is 7.60. The van der Waals surface area contributed by atoms with Crippen LogP contribution in [-0.4, -0.2) is 18.2 Å². The van der Waals surface area contributed by atoms with Gasteiger partial charge in [0.2, 0.25) is 5.88 Å². The maximum Gasteiger partial charge on any atom is 0.201 e. The van der Waals surface area contributed by atoms with E-state index in [2.05, 4.69) is 162 Å². The van der Waals surface area contributed by atoms with Crippen LogP contribution in [0.15, 0.2) is 184 Å². The van der Waals surface area contributed by atoms with Gasteiger partial charge in [-0.2, -0.15) is 0 Å². The molecule has 0 amide bonds. The maximum atomic E-state index is 6.54. The van der Waals surface area contributed by atoms with Crippen molar-refractivity contribution >= 4 is 45.4 Å². The Kier molecular flexibility index (Phi) is 7.54. The fraction of sp³-hybridized carbons (Fsp3) is 0.0417. The second kappa shape index (κ2) is 13.0. The topological polar surface area (TPSA) is 61.9 Å². The molecule has 1 atom stereocenters. The Morgan fingerprint density at radius 3 is 1.91 bits per heavy atom. The molecule has 1 unspecified atom stereocenters. The SMILES string of the molecule is C1=Cc2c(oc3cc(-c4ccc(-c5ccccc5)cc4)cc(C4=NC(c5ccccc5)=NC(c5ccc(-c6ccccc6)c6ccccc56)N4)c23)NC1. The molecule has 3 heterocycles. The summed E-state index contributed by atoms with van der Waals surface area (Å²) in [5.74, 6) is 2.19. The summed E-state index contributed by atoms with van der Waals surface area (Å²) in [6.45, 7) is 0.716. The third-order valence-corrected chi connectivity index (χ3v) is 10.2. The van der Waals surface area contributed by atoms with Crippen LogP contribution in [0.5, 0.6) is 0 Å². The predicted molar refractivity (Wildman–Crippen MR) is 219 cm³/mol. The standard InChI is InChI=1S/C48H34N4O/c1-4-13-31(14-5-1)32-22-24-33(25-23-32)36-29-42(44-41-21-12-28-49-48(41)53-43(44)30-36)47-51-45(35-17-8-3-9-18-35)50-46(52-47)40-27-26-37(34-15-6-2-7-16-34)38-19-10-11-20-39(38)40/h1-27,29-30,46,49H,28H2,(H,50,51,52). The second-order valence-corrected chi connectivity index (χ2v) is 13.4. The van der Waals surface area contributed by atoms with Crippen LogP contribution >= 0.6 is 0 Å². The van der Waals surface area contributed by atoms with Gasteiger partial charge in [0.25, 0.3) is 0 Å². The monoisotopic (exact) mass is 682 g/mol. The molecule has 252 valence electrons. The van der Waals surface area contributed by atoms with Crippen molar-refractivity contribution in [1.29, 1.82) is 0 Å². The highest BCUT2D eigenvalue weighted by Crippen LogP contribution is 2.40. The van der Waals surface area contributed by atoms with Crippen molar-refractivity contribution in [3.8, 4) is 33.4 Å². The fourth-order valence-electron chi connectivity index (χ4n) is 7.60. The van der Waals surface area contributed by atoms with E-state index < -0.39 is 6.17 Å². The summed E-state index contributed by atoms with van der Waals surface area (Å²) in [5, 5.41) is 10.6. The summed E-state index contributed by atoms with van der Waals surface area (Å²) in [5.41, 5.74) is 11.7. The summed E-state index contributed by atoms with van der Waals surface area (Å²) < 4.78 is 6.54. The molecular weight excluding hydrogens is 649 g/mol. The lowest BCUT2D eigenvalue weighted by Crippen LogP contribution is -2.34. The van der Waals surface area contributed by atoms with Gasteiger partial charge in [0, 0.05) is 34.2 Å². The molecule has 1 aromatic heterocycles. The van der Waals surface area contributed by atoms with E-state index in [0.717, 1.165) is 61.5 Å². The molecule has 10 rings (SSSR count). The zero-order valence-electron chi connectivity index (χ0n) is 28.8. The number of rotatable bonds is 6. The number of nitrogens with zero attached hydrogens (tertiary/aromatic N) is 2. The largest absolute Gasteiger partial charge is 0.440 e. The Bertz CT molecular complexity index is 2730. The zero-order valence-corrected chi connectivity index (χ0v) is 28.8. The molecule has 0 radical (unpaired) electrons. The molecule has 0 saturated heterocycles. The first-order chi connectivity index (χ1) is 26.3. The average Bonchev–Trinajstić information content (AvgIpc) is 3.62. The molecular formula is C48H34N4O. The van der Waals surface area contributed by atoms with Crippen molar-refractivity contribution in [3.05, 3.63) is 192 Å². The molecule has 0 aliphatic carbocycles. The van der Waals surface area contributed by atoms with E-state index in [1.807, 2.05) is 24.3 Å². The Morgan fingerprint density at radius 1 is 0.547 bits per heavy atom. The first-order valence-electron chi connectivity index (χ1n) is 18.0. The van der Waals surface area contributed by atoms with Crippen LogP contribution in [0.4, 0.5) is 5.88 Å². The number of aliphatic imine (C=N–C) groups is 2. The van der Waals surface area contributed by atoms with E-state index in [-0.39, 0.29) is 0 Å². The van der Waals surface area contributed by atoms with Crippen molar-refractivity contribution in [2.45, 2.75) is 6.17 Å². The van der Waals surface area contributed by atoms with Crippen molar-refractivity contribution < 1.29 is 4.42 Å². The third kappa shape index (κ3) is 5.60. The number of fused-ring (bicyclic) bond motifs is 4. The molecule has 53 heavy (non-hydrogen) atoms. The first-order valence-corrected chi connectivity index (χ1v) is 18.0. The smallest absolute Gasteiger partial charge is 0.201 e. The van der Waals surface area contributed by atoms with Crippen LogP contribution in [0.3, 0.4) is 0 Å². The van der Waals surface area contributed by atoms with E-state index in [1.54, 1.807) is 0 Å². The van der Waals surface area contributed by atoms with Gasteiger partial charge in [-0.3, -0.25) is 0 Å². The van der Waals surface area contributed by atoms with Crippen molar-refractivity contribution in [2.75, 3.05) is 11.9 Å². The van der Waals surface area contributed by atoms with Gasteiger partial charge in [0.05, 0.1) is 0 Å². The third-order valence-electron chi connectivity index (χ3n) is 10.2. The molecule has 2 aliphatic rings. The number of nitrogens with one attached hydrogen (secondary N) is 2. The van der Waals surface area contributed by atoms with E-state index in [9.17, 15) is 0 Å². The van der Waals surface area contributed by atoms with Gasteiger partial charge < -0.3 is 15.1 Å². The minimum Gasteiger partial charge on any atom is -0.440 e. The number of hydrogen-bond acceptors (Lipinski definition) is 5. The predicted octanol–water partition coefficient (Wildman–Crippen LogP) is 11.5. The molecule has 7 aromatic carbocycles. The molecule has 0 spiro atoms. The average molecular weight is 683 g/mol. The van der Waals surface area contributed by atoms with Gasteiger partial charge in [0.15, 0.2) is 5.84 Å². The van der Waals surface area contributed by atoms with Gasteiger partial charge in [-0.15, -0.1) is 0 Å². The van der Waals surface area contributed by atoms with Crippen LogP contribution in [-0.2, 0) is 0 Å². The van der Waals surface area contributed by atoms with Gasteiger partial charge in [-0.1, -0.05) is 164 Å². The quantitative estimate of drug-likeness (QED) is 0.183. The van der Waals surface area contributed by atoms with E-state index in [4.69, 9.17) is 14.4 Å². The molecule has 0 bridgehead atoms. The lowest BCUT2D eigenvalue weighted by atomic mass is 9.93. The summed E-state index contributed by atoms with van der Waals surface area (Å²) in [6, 6.07) is 57.5. The first kappa shape index (κ1) is 30.8. The highest BCUT2D eigenvalue weighted by molar-refractivity contribution is 6.19. The zero-order chi connectivity index (χ0) is 35.1. The van der Waals surface area contributed by atoms with Crippen LogP contribution in [0.1, 0.15) is 28.4 Å². The van der Waals surface area contributed by atoms with Gasteiger partial charge in [-0.05, 0) is 56.3 Å². The van der Waals surface area contributed by atoms with Crippen LogP contribution < -0.4 is 10.6 Å². The van der Waals surface area contributed by atoms with Crippen molar-refractivity contribution in [1.82, 2.24) is 5.32 Å². The molecule has 5 heteroatoms. The maximum absolute atomic E-state index is 6.54. The molecule has 2 aliphatic heterocycles. The van der Waals surface area contributed by atoms with Crippen LogP contribution in [0, 0.1) is 0 Å². The highest BCUT2D eigenvalue weighted by atomic mass is 16.3. The van der Waals surface area contributed by atoms with Gasteiger partial charge >= 0.3 is 0 Å². The van der Waals surface area contributed by atoms with Gasteiger partial charge in [-0.25, -0.2) is 9.98 Å². The number of hydrogen-bond donors (Lipinski definition) is 2. The number of furan rings is 1. The van der Waals surface area contributed by atoms with Gasteiger partial charge in [0.1, 0.15) is 17.6 Å². The van der Waals surface area contributed by atoms with Crippen LogP contribution in [0.25, 0.3) is 61.2 Å². The molecule has 0 saturated carbocycles. The molecule has 8 aromatic rings. The van der Waals surface area contributed by atoms with E-state index >= 15 is 0 Å². The molecule has 0 fully saturated rings. The normalized spacial score (nSPS) is 15.0. The summed E-state index contributed by atoms with van der Waals surface area (Å²) in [6.07, 6.45) is 3.89. The van der Waals surface area contributed by atoms with Crippen molar-refractivity contribution in [3.63, 3.8) is 0 Å². The van der Waals surface area contributed by atoms with Crippen LogP contribution in [0.2, 0.25) is 0 Å². The Hall–Kier alpha value is -6.98. The number of amidine groups is 2. The Balaban J connectivity index is 1.14. The summed E-state index contributed by atoms with van der Waals surface area (Å²) in [4.78, 5) is 10.6. The molecule has 5 nitrogen and oxygen atoms in total. The second-order valence-electron chi connectivity index (χ2n) is 13.4. The molecule has 2 N–H and O–H groups in total. The number of anilines is 1. The lowest BCUT2D eigenvalue weighted by molar-refractivity contribution is 0.628. The minimum atomic E-state index is -0.396. The Morgan fingerprint density at radius 2 is 1.17 bits per heavy atom. The van der Waals surface area contributed by atoms with Crippen molar-refractivity contribution in [2.24, 2.45) is 9.98 Å². The minimum absolute atomic E-state index is 0.396. The summed E-state index contributed by atoms with van der Waals surface area (Å²) in [7, 11) is 0. The Labute approximate surface area is 307 Å². The summed E-state index contributed by atoms with van der Waals surface area (Å²) >= 11 is 0. The highest BCUT2D eigenvalue weighted by Gasteiger charge is 2.27. The lowest BCUT2D eigenvalue weighted by Gasteiger charge is -2.26.